The summed E-state index contributed by atoms with van der Waals surface area (Å²) in [5.41, 5.74) is 2.48. The van der Waals surface area contributed by atoms with Crippen LogP contribution in [0.1, 0.15) is 5.56 Å². The van der Waals surface area contributed by atoms with E-state index in [-0.39, 0.29) is 22.7 Å². The lowest BCUT2D eigenvalue weighted by molar-refractivity contribution is -0.137. The number of hydrogen-bond acceptors (Lipinski definition) is 5. The lowest BCUT2D eigenvalue weighted by atomic mass is 9.99. The van der Waals surface area contributed by atoms with Gasteiger partial charge in [0, 0.05) is 58.4 Å². The fourth-order valence-corrected chi connectivity index (χ4v) is 8.99. The molecule has 11 aromatic rings. The van der Waals surface area contributed by atoms with Gasteiger partial charge in [-0.2, -0.15) is 13.2 Å². The first-order valence-electron chi connectivity index (χ1n) is 17.7. The maximum absolute atomic E-state index is 15.9. The Balaban J connectivity index is 1.30. The Morgan fingerprint density at radius 3 is 1.82 bits per heavy atom. The van der Waals surface area contributed by atoms with E-state index < -0.39 is 11.7 Å². The maximum Gasteiger partial charge on any atom is 0.418 e. The van der Waals surface area contributed by atoms with E-state index in [1.54, 1.807) is 22.0 Å². The van der Waals surface area contributed by atoms with Gasteiger partial charge in [-0.05, 0) is 36.4 Å². The van der Waals surface area contributed by atoms with Crippen LogP contribution >= 0.6 is 11.3 Å². The number of thiophene rings is 1. The molecule has 0 fully saturated rings. The van der Waals surface area contributed by atoms with E-state index in [4.69, 9.17) is 19.4 Å². The fraction of sp³-hybridized carbons (Fsp3) is 0.0217. The minimum Gasteiger partial charge on any atom is -0.454 e. The molecule has 0 unspecified atom stereocenters. The zero-order valence-corrected chi connectivity index (χ0v) is 29.5. The lowest BCUT2D eigenvalue weighted by Gasteiger charge is -2.19. The number of rotatable bonds is 4. The third kappa shape index (κ3) is 4.90. The Labute approximate surface area is 314 Å². The molecule has 0 aliphatic carbocycles. The average Bonchev–Trinajstić information content (AvgIpc) is 3.89. The highest BCUT2D eigenvalue weighted by atomic mass is 32.1. The molecule has 0 aliphatic heterocycles. The highest BCUT2D eigenvalue weighted by Gasteiger charge is 2.39. The van der Waals surface area contributed by atoms with Gasteiger partial charge in [0.2, 0.25) is 0 Å². The van der Waals surface area contributed by atoms with Crippen molar-refractivity contribution in [2.75, 3.05) is 0 Å². The van der Waals surface area contributed by atoms with Crippen LogP contribution in [0.15, 0.2) is 156 Å². The van der Waals surface area contributed by atoms with Gasteiger partial charge in [0.25, 0.3) is 0 Å². The second kappa shape index (κ2) is 11.8. The number of fused-ring (bicyclic) bond motifs is 9. The van der Waals surface area contributed by atoms with Crippen LogP contribution in [-0.4, -0.2) is 19.5 Å². The quantitative estimate of drug-likeness (QED) is 0.180. The number of furan rings is 1. The van der Waals surface area contributed by atoms with Gasteiger partial charge in [0.05, 0.1) is 16.6 Å². The molecule has 4 aromatic heterocycles. The van der Waals surface area contributed by atoms with Crippen LogP contribution in [0.25, 0.3) is 104 Å². The number of hydrogen-bond donors (Lipinski definition) is 0. The van der Waals surface area contributed by atoms with Gasteiger partial charge in [-0.3, -0.25) is 0 Å². The van der Waals surface area contributed by atoms with Gasteiger partial charge >= 0.3 is 6.18 Å². The van der Waals surface area contributed by atoms with Gasteiger partial charge in [-0.1, -0.05) is 115 Å². The van der Waals surface area contributed by atoms with Crippen molar-refractivity contribution in [3.05, 3.63) is 157 Å². The van der Waals surface area contributed by atoms with Gasteiger partial charge in [0.15, 0.2) is 23.1 Å². The number of nitrogens with zero attached hydrogens (tertiary/aromatic N) is 4. The van der Waals surface area contributed by atoms with Crippen molar-refractivity contribution in [3.63, 3.8) is 0 Å². The van der Waals surface area contributed by atoms with Crippen LogP contribution in [0.3, 0.4) is 0 Å². The van der Waals surface area contributed by atoms with E-state index in [0.29, 0.717) is 50.2 Å². The summed E-state index contributed by atoms with van der Waals surface area (Å²) in [6.45, 7) is 0. The smallest absolute Gasteiger partial charge is 0.418 e. The molecule has 11 rings (SSSR count). The lowest BCUT2D eigenvalue weighted by Crippen LogP contribution is -2.12. The van der Waals surface area contributed by atoms with Crippen molar-refractivity contribution in [3.8, 4) is 39.9 Å². The average molecular weight is 739 g/mol. The summed E-state index contributed by atoms with van der Waals surface area (Å²) < 4.78 is 58.2. The van der Waals surface area contributed by atoms with Crippen molar-refractivity contribution < 1.29 is 17.6 Å². The predicted octanol–water partition coefficient (Wildman–Crippen LogP) is 13.3. The summed E-state index contributed by atoms with van der Waals surface area (Å²) in [6.07, 6.45) is -4.80. The van der Waals surface area contributed by atoms with Crippen molar-refractivity contribution in [2.24, 2.45) is 0 Å². The maximum atomic E-state index is 15.9. The van der Waals surface area contributed by atoms with Crippen LogP contribution in [0.4, 0.5) is 13.2 Å². The molecule has 0 atom stereocenters. The number of alkyl halides is 3. The number of aromatic nitrogens is 4. The molecule has 7 aromatic carbocycles. The summed E-state index contributed by atoms with van der Waals surface area (Å²) in [4.78, 5) is 14.5. The highest BCUT2D eigenvalue weighted by molar-refractivity contribution is 7.25. The van der Waals surface area contributed by atoms with Gasteiger partial charge in [-0.15, -0.1) is 11.3 Å². The molecule has 0 saturated heterocycles. The molecule has 5 nitrogen and oxygen atoms in total. The summed E-state index contributed by atoms with van der Waals surface area (Å²) >= 11 is 1.67. The molecule has 0 spiro atoms. The topological polar surface area (TPSA) is 56.7 Å². The SMILES string of the molecule is FC(F)(F)c1cc(-c2nc(-c3ccccc3)nc(-c3ccccc3)n2)c2c(oc3ccccc32)c1-n1c2ccccc2c2cc3sc4ccccc4c3cc21. The Hall–Kier alpha value is -6.84. The molecule has 0 N–H and O–H groups in total. The Morgan fingerprint density at radius 1 is 0.509 bits per heavy atom. The van der Waals surface area contributed by atoms with Gasteiger partial charge < -0.3 is 8.98 Å². The third-order valence-corrected chi connectivity index (χ3v) is 11.4. The Morgan fingerprint density at radius 2 is 1.11 bits per heavy atom. The normalized spacial score (nSPS) is 12.3. The molecule has 0 radical (unpaired) electrons. The van der Waals surface area contributed by atoms with Crippen molar-refractivity contribution in [2.45, 2.75) is 6.18 Å². The Kier molecular flexibility index (Phi) is 6.81. The highest BCUT2D eigenvalue weighted by Crippen LogP contribution is 2.49. The monoisotopic (exact) mass is 738 g/mol. The molecule has 0 amide bonds. The third-order valence-electron chi connectivity index (χ3n) is 10.3. The molecule has 4 heterocycles. The van der Waals surface area contributed by atoms with E-state index in [1.807, 2.05) is 121 Å². The van der Waals surface area contributed by atoms with Crippen LogP contribution in [-0.2, 0) is 6.18 Å². The minimum atomic E-state index is -4.80. The largest absolute Gasteiger partial charge is 0.454 e. The van der Waals surface area contributed by atoms with Gasteiger partial charge in [0.1, 0.15) is 11.3 Å². The Bertz CT molecular complexity index is 3250. The van der Waals surface area contributed by atoms with Crippen LogP contribution in [0.2, 0.25) is 0 Å². The first-order valence-corrected chi connectivity index (χ1v) is 18.5. The standard InChI is InChI=1S/C46H25F3N4OS/c47-46(48,49)34-23-33(45-51-43(26-13-3-1-4-14-26)50-44(52-45)27-15-5-2-6-16-27)40-30-19-8-11-21-37(30)54-42(40)41(34)53-35-20-10-7-17-28(35)31-25-39-32(24-36(31)53)29-18-9-12-22-38(29)55-39/h1-25H. The van der Waals surface area contributed by atoms with E-state index in [2.05, 4.69) is 18.2 Å². The summed E-state index contributed by atoms with van der Waals surface area (Å²) in [6, 6.07) is 47.1. The molecule has 0 saturated carbocycles. The summed E-state index contributed by atoms with van der Waals surface area (Å²) in [5, 5.41) is 4.87. The van der Waals surface area contributed by atoms with Crippen molar-refractivity contribution >= 4 is 75.3 Å². The van der Waals surface area contributed by atoms with E-state index in [1.165, 1.54) is 6.07 Å². The molecule has 262 valence electrons. The fourth-order valence-electron chi connectivity index (χ4n) is 7.86. The van der Waals surface area contributed by atoms with Crippen LogP contribution in [0.5, 0.6) is 0 Å². The molecular formula is C46H25F3N4OS. The van der Waals surface area contributed by atoms with Gasteiger partial charge in [-0.25, -0.2) is 15.0 Å². The van der Waals surface area contributed by atoms with E-state index in [0.717, 1.165) is 30.9 Å². The van der Waals surface area contributed by atoms with E-state index in [9.17, 15) is 0 Å². The molecule has 55 heavy (non-hydrogen) atoms. The van der Waals surface area contributed by atoms with Crippen LogP contribution < -0.4 is 0 Å². The second-order valence-corrected chi connectivity index (χ2v) is 14.6. The number of benzene rings is 7. The predicted molar refractivity (Wildman–Crippen MR) is 216 cm³/mol. The first kappa shape index (κ1) is 31.7. The molecule has 0 aliphatic rings. The zero-order chi connectivity index (χ0) is 36.8. The van der Waals surface area contributed by atoms with Crippen molar-refractivity contribution in [1.29, 1.82) is 0 Å². The summed E-state index contributed by atoms with van der Waals surface area (Å²) in [7, 11) is 0. The number of halogens is 3. The molecule has 0 bridgehead atoms. The van der Waals surface area contributed by atoms with Crippen LogP contribution in [0, 0.1) is 0 Å². The number of para-hydroxylation sites is 2. The van der Waals surface area contributed by atoms with Crippen molar-refractivity contribution in [1.82, 2.24) is 19.5 Å². The zero-order valence-electron chi connectivity index (χ0n) is 28.7. The van der Waals surface area contributed by atoms with E-state index >= 15 is 13.2 Å². The molecule has 9 heteroatoms. The second-order valence-electron chi connectivity index (χ2n) is 13.5. The summed E-state index contributed by atoms with van der Waals surface area (Å²) in [5.74, 6) is 0.796. The molecular weight excluding hydrogens is 714 g/mol. The minimum absolute atomic E-state index is 0.0897. The first-order chi connectivity index (χ1) is 26.9.